The van der Waals surface area contributed by atoms with Crippen molar-refractivity contribution >= 4 is 12.0 Å². The zero-order valence-electron chi connectivity index (χ0n) is 12.3. The fourth-order valence-corrected chi connectivity index (χ4v) is 1.98. The van der Waals surface area contributed by atoms with Crippen molar-refractivity contribution in [1.82, 2.24) is 5.32 Å². The number of ether oxygens (including phenoxy) is 1. The van der Waals surface area contributed by atoms with Gasteiger partial charge in [0.1, 0.15) is 0 Å². The van der Waals surface area contributed by atoms with Gasteiger partial charge in [-0.2, -0.15) is 0 Å². The summed E-state index contributed by atoms with van der Waals surface area (Å²) in [5.74, 6) is -0.180. The smallest absolute Gasteiger partial charge is 0.244 e. The first kappa shape index (κ1) is 16.4. The van der Waals surface area contributed by atoms with E-state index in [0.717, 1.165) is 11.1 Å². The van der Waals surface area contributed by atoms with Crippen LogP contribution in [0.4, 0.5) is 0 Å². The Hall–Kier alpha value is -1.65. The number of benzene rings is 1. The Labute approximate surface area is 120 Å². The molecule has 110 valence electrons. The highest BCUT2D eigenvalue weighted by Crippen LogP contribution is 2.11. The lowest BCUT2D eigenvalue weighted by molar-refractivity contribution is -0.117. The lowest BCUT2D eigenvalue weighted by Gasteiger charge is -2.15. The van der Waals surface area contributed by atoms with Gasteiger partial charge in [0.2, 0.25) is 5.91 Å². The van der Waals surface area contributed by atoms with Gasteiger partial charge in [0.05, 0.1) is 12.6 Å². The number of aliphatic hydroxyl groups is 1. The second-order valence-electron chi connectivity index (χ2n) is 4.87. The van der Waals surface area contributed by atoms with Crippen molar-refractivity contribution in [1.29, 1.82) is 0 Å². The third kappa shape index (κ3) is 5.55. The van der Waals surface area contributed by atoms with Gasteiger partial charge >= 0.3 is 0 Å². The molecule has 1 aromatic rings. The highest BCUT2D eigenvalue weighted by molar-refractivity contribution is 5.92. The van der Waals surface area contributed by atoms with Crippen molar-refractivity contribution in [3.05, 3.63) is 41.0 Å². The number of nitrogens with one attached hydrogen (secondary N) is 1. The predicted molar refractivity (Wildman–Crippen MR) is 80.5 cm³/mol. The standard InChI is InChI=1S/C16H23NO3/c1-12-4-5-14(13(2)10-12)6-7-16(19)17-15(8-9-18)11-20-3/h4-7,10,15,18H,8-9,11H2,1-3H3,(H,17,19)/b7-6+. The van der Waals surface area contributed by atoms with E-state index in [1.807, 2.05) is 26.0 Å². The first-order chi connectivity index (χ1) is 9.56. The summed E-state index contributed by atoms with van der Waals surface area (Å²) in [6.07, 6.45) is 3.79. The molecule has 1 aromatic carbocycles. The van der Waals surface area contributed by atoms with Crippen molar-refractivity contribution < 1.29 is 14.6 Å². The molecule has 0 heterocycles. The summed E-state index contributed by atoms with van der Waals surface area (Å²) in [5.41, 5.74) is 3.36. The molecule has 0 bridgehead atoms. The Morgan fingerprint density at radius 1 is 1.45 bits per heavy atom. The molecule has 0 radical (unpaired) electrons. The lowest BCUT2D eigenvalue weighted by Crippen LogP contribution is -2.37. The third-order valence-electron chi connectivity index (χ3n) is 3.03. The molecule has 1 unspecified atom stereocenters. The minimum atomic E-state index is -0.180. The molecule has 0 saturated heterocycles. The van der Waals surface area contributed by atoms with Gasteiger partial charge in [-0.25, -0.2) is 0 Å². The quantitative estimate of drug-likeness (QED) is 0.748. The summed E-state index contributed by atoms with van der Waals surface area (Å²) in [4.78, 5) is 11.8. The number of aliphatic hydroxyl groups excluding tert-OH is 1. The second-order valence-corrected chi connectivity index (χ2v) is 4.87. The van der Waals surface area contributed by atoms with E-state index in [9.17, 15) is 4.79 Å². The Balaban J connectivity index is 2.62. The van der Waals surface area contributed by atoms with Crippen LogP contribution in [0.3, 0.4) is 0 Å². The van der Waals surface area contributed by atoms with Crippen LogP contribution in [0.1, 0.15) is 23.1 Å². The SMILES string of the molecule is COCC(CCO)NC(=O)/C=C/c1ccc(C)cc1C. The summed E-state index contributed by atoms with van der Waals surface area (Å²) in [7, 11) is 1.57. The normalized spacial score (nSPS) is 12.6. The van der Waals surface area contributed by atoms with Crippen LogP contribution in [-0.2, 0) is 9.53 Å². The largest absolute Gasteiger partial charge is 0.396 e. The minimum absolute atomic E-state index is 0.0229. The molecular weight excluding hydrogens is 254 g/mol. The maximum atomic E-state index is 11.8. The molecule has 0 spiro atoms. The topological polar surface area (TPSA) is 58.6 Å². The van der Waals surface area contributed by atoms with Gasteiger partial charge in [0.15, 0.2) is 0 Å². The number of hydrogen-bond donors (Lipinski definition) is 2. The van der Waals surface area contributed by atoms with E-state index < -0.39 is 0 Å². The Kier molecular flexibility index (Phi) is 6.98. The van der Waals surface area contributed by atoms with Crippen LogP contribution in [0, 0.1) is 13.8 Å². The highest BCUT2D eigenvalue weighted by Gasteiger charge is 2.09. The zero-order valence-corrected chi connectivity index (χ0v) is 12.3. The number of hydrogen-bond acceptors (Lipinski definition) is 3. The lowest BCUT2D eigenvalue weighted by atomic mass is 10.1. The Bertz CT molecular complexity index is 463. The molecule has 0 aliphatic carbocycles. The first-order valence-corrected chi connectivity index (χ1v) is 6.72. The molecule has 1 atom stereocenters. The van der Waals surface area contributed by atoms with Gasteiger partial charge in [-0.3, -0.25) is 4.79 Å². The molecule has 0 saturated carbocycles. The van der Waals surface area contributed by atoms with E-state index in [-0.39, 0.29) is 18.6 Å². The molecule has 20 heavy (non-hydrogen) atoms. The Morgan fingerprint density at radius 2 is 2.20 bits per heavy atom. The van der Waals surface area contributed by atoms with Crippen molar-refractivity contribution in [2.45, 2.75) is 26.3 Å². The van der Waals surface area contributed by atoms with Gasteiger partial charge in [0.25, 0.3) is 0 Å². The van der Waals surface area contributed by atoms with Crippen LogP contribution in [0.25, 0.3) is 6.08 Å². The van der Waals surface area contributed by atoms with Crippen LogP contribution in [0.5, 0.6) is 0 Å². The number of amides is 1. The van der Waals surface area contributed by atoms with Gasteiger partial charge < -0.3 is 15.2 Å². The first-order valence-electron chi connectivity index (χ1n) is 6.72. The number of carbonyl (C=O) groups excluding carboxylic acids is 1. The summed E-state index contributed by atoms with van der Waals surface area (Å²) in [6.45, 7) is 4.47. The maximum absolute atomic E-state index is 11.8. The van der Waals surface area contributed by atoms with E-state index in [4.69, 9.17) is 9.84 Å². The van der Waals surface area contributed by atoms with Crippen LogP contribution >= 0.6 is 0 Å². The maximum Gasteiger partial charge on any atom is 0.244 e. The van der Waals surface area contributed by atoms with E-state index in [2.05, 4.69) is 11.4 Å². The van der Waals surface area contributed by atoms with E-state index >= 15 is 0 Å². The average molecular weight is 277 g/mol. The second kappa shape index (κ2) is 8.51. The molecule has 0 fully saturated rings. The van der Waals surface area contributed by atoms with Gasteiger partial charge in [0, 0.05) is 19.8 Å². The van der Waals surface area contributed by atoms with Gasteiger partial charge in [-0.1, -0.05) is 23.8 Å². The number of carbonyl (C=O) groups is 1. The van der Waals surface area contributed by atoms with Crippen molar-refractivity contribution in [3.8, 4) is 0 Å². The summed E-state index contributed by atoms with van der Waals surface area (Å²) < 4.78 is 5.00. The number of methoxy groups -OCH3 is 1. The number of aryl methyl sites for hydroxylation is 2. The molecule has 0 aliphatic heterocycles. The molecule has 2 N–H and O–H groups in total. The monoisotopic (exact) mass is 277 g/mol. The van der Waals surface area contributed by atoms with Gasteiger partial charge in [-0.15, -0.1) is 0 Å². The number of rotatable bonds is 7. The summed E-state index contributed by atoms with van der Waals surface area (Å²) >= 11 is 0. The fourth-order valence-electron chi connectivity index (χ4n) is 1.98. The molecule has 1 amide bonds. The molecule has 0 aromatic heterocycles. The third-order valence-corrected chi connectivity index (χ3v) is 3.03. The Morgan fingerprint density at radius 3 is 2.80 bits per heavy atom. The van der Waals surface area contributed by atoms with Crippen LogP contribution in [0.15, 0.2) is 24.3 Å². The molecular formula is C16H23NO3. The predicted octanol–water partition coefficient (Wildman–Crippen LogP) is 1.83. The minimum Gasteiger partial charge on any atom is -0.396 e. The van der Waals surface area contributed by atoms with Crippen molar-refractivity contribution in [2.24, 2.45) is 0 Å². The highest BCUT2D eigenvalue weighted by atomic mass is 16.5. The average Bonchev–Trinajstić information content (AvgIpc) is 2.38. The molecule has 4 heteroatoms. The van der Waals surface area contributed by atoms with Crippen LogP contribution in [0.2, 0.25) is 0 Å². The fraction of sp³-hybridized carbons (Fsp3) is 0.438. The van der Waals surface area contributed by atoms with Crippen molar-refractivity contribution in [2.75, 3.05) is 20.3 Å². The van der Waals surface area contributed by atoms with Crippen molar-refractivity contribution in [3.63, 3.8) is 0 Å². The van der Waals surface area contributed by atoms with Crippen LogP contribution in [-0.4, -0.2) is 37.4 Å². The summed E-state index contributed by atoms with van der Waals surface area (Å²) in [5, 5.41) is 11.7. The summed E-state index contributed by atoms with van der Waals surface area (Å²) in [6, 6.07) is 5.93. The molecule has 1 rings (SSSR count). The van der Waals surface area contributed by atoms with E-state index in [0.29, 0.717) is 13.0 Å². The van der Waals surface area contributed by atoms with Gasteiger partial charge in [-0.05, 0) is 37.5 Å². The van der Waals surface area contributed by atoms with E-state index in [1.54, 1.807) is 13.2 Å². The molecule has 4 nitrogen and oxygen atoms in total. The van der Waals surface area contributed by atoms with E-state index in [1.165, 1.54) is 11.6 Å². The molecule has 0 aliphatic rings. The van der Waals surface area contributed by atoms with Crippen LogP contribution < -0.4 is 5.32 Å². The zero-order chi connectivity index (χ0) is 15.0.